The normalized spacial score (nSPS) is 12.0. The Bertz CT molecular complexity index is 6260. The van der Waals surface area contributed by atoms with E-state index in [9.17, 15) is 10.5 Å². The van der Waals surface area contributed by atoms with Crippen molar-refractivity contribution in [1.29, 1.82) is 10.5 Å². The van der Waals surface area contributed by atoms with Crippen molar-refractivity contribution in [3.63, 3.8) is 0 Å². The Morgan fingerprint density at radius 3 is 0.830 bits per heavy atom. The van der Waals surface area contributed by atoms with Crippen LogP contribution < -0.4 is 0 Å². The highest BCUT2D eigenvalue weighted by atomic mass is 15.2. The minimum atomic E-state index is 0.372. The second kappa shape index (κ2) is 19.7. The smallest absolute Gasteiger partial charge is 0.0992 e. The van der Waals surface area contributed by atoms with E-state index in [1.165, 1.54) is 5.39 Å². The number of para-hydroxylation sites is 11. The quantitative estimate of drug-likeness (QED) is 0.159. The van der Waals surface area contributed by atoms with Gasteiger partial charge >= 0.3 is 0 Å². The Morgan fingerprint density at radius 2 is 0.479 bits per heavy atom. The van der Waals surface area contributed by atoms with Crippen LogP contribution in [-0.2, 0) is 0 Å². The average molecular weight is 1200 g/mol. The highest BCUT2D eigenvalue weighted by molar-refractivity contribution is 6.27. The van der Waals surface area contributed by atoms with Crippen molar-refractivity contribution in [2.24, 2.45) is 0 Å². The third kappa shape index (κ3) is 6.97. The molecule has 0 spiro atoms. The van der Waals surface area contributed by atoms with Crippen LogP contribution >= 0.6 is 0 Å². The molecule has 20 rings (SSSR count). The molecule has 0 fully saturated rings. The Morgan fingerprint density at radius 1 is 0.213 bits per heavy atom. The second-order valence-electron chi connectivity index (χ2n) is 24.5. The molecule has 8 heteroatoms. The molecule has 0 radical (unpaired) electrons. The van der Waals surface area contributed by atoms with Crippen LogP contribution in [0.5, 0.6) is 0 Å². The van der Waals surface area contributed by atoms with Gasteiger partial charge in [-0.2, -0.15) is 10.5 Å². The molecule has 0 bridgehead atoms. The third-order valence-electron chi connectivity index (χ3n) is 19.8. The SMILES string of the molecule is N#Cc1cc(C#N)cc(-c2c(-n3c4ccccc4c4ccccc43)c(-n3c4ccccc4c4ccccc43)c(-n3c4ccccc4c4c3ccc3c5ccccc5n(-c5ccccc5)c34)c(-n3c4ccccc4c4ccccc43)c2-n2c3ccccc3c3ccccc32)c1. The van der Waals surface area contributed by atoms with Gasteiger partial charge in [-0.15, -0.1) is 0 Å². The van der Waals surface area contributed by atoms with E-state index in [0.29, 0.717) is 16.7 Å². The van der Waals surface area contributed by atoms with Crippen LogP contribution in [0, 0.1) is 22.7 Å². The molecule has 20 aromatic rings. The lowest BCUT2D eigenvalue weighted by Crippen LogP contribution is -2.18. The van der Waals surface area contributed by atoms with Gasteiger partial charge in [-0.3, -0.25) is 0 Å². The van der Waals surface area contributed by atoms with E-state index in [0.717, 1.165) is 165 Å². The summed E-state index contributed by atoms with van der Waals surface area (Å²) in [5.74, 6) is 0. The zero-order valence-corrected chi connectivity index (χ0v) is 50.4. The monoisotopic (exact) mass is 1190 g/mol. The van der Waals surface area contributed by atoms with Crippen LogP contribution in [0.4, 0.5) is 0 Å². The lowest BCUT2D eigenvalue weighted by atomic mass is 9.92. The van der Waals surface area contributed by atoms with E-state index in [1.54, 1.807) is 6.07 Å². The number of nitriles is 2. The molecule has 6 heterocycles. The number of fused-ring (bicyclic) bond motifs is 19. The third-order valence-corrected chi connectivity index (χ3v) is 19.8. The van der Waals surface area contributed by atoms with Gasteiger partial charge < -0.3 is 27.4 Å². The first-order valence-electron chi connectivity index (χ1n) is 31.8. The molecule has 0 atom stereocenters. The number of rotatable bonds is 7. The van der Waals surface area contributed by atoms with Gasteiger partial charge in [-0.25, -0.2) is 0 Å². The summed E-state index contributed by atoms with van der Waals surface area (Å²) in [4.78, 5) is 0. The molecule has 0 aliphatic heterocycles. The molecular formula is C86H50N8. The minimum Gasteiger partial charge on any atom is -0.309 e. The molecule has 6 aromatic heterocycles. The zero-order chi connectivity index (χ0) is 61.9. The highest BCUT2D eigenvalue weighted by Gasteiger charge is 2.37. The van der Waals surface area contributed by atoms with Gasteiger partial charge in [-0.1, -0.05) is 206 Å². The summed E-state index contributed by atoms with van der Waals surface area (Å²) in [6, 6.07) is 115. The zero-order valence-electron chi connectivity index (χ0n) is 50.4. The van der Waals surface area contributed by atoms with Crippen molar-refractivity contribution in [3.05, 3.63) is 314 Å². The Hall–Kier alpha value is -13.1. The summed E-state index contributed by atoms with van der Waals surface area (Å²) in [6.07, 6.45) is 0. The van der Waals surface area contributed by atoms with E-state index in [2.05, 4.69) is 325 Å². The molecule has 0 aliphatic rings. The standard InChI is InChI=1S/C86H50N8/c87-51-53-48-54(52-88)50-55(49-53)79-82(90-69-37-15-4-26-57(69)58-27-5-16-38-70(58)90)84(92-73-41-19-8-30-61(73)62-31-9-20-42-74(62)92)86(94-77-45-23-13-35-67(77)80-78(94)47-46-66-65-34-12-14-36-68(65)89(81(66)80)56-24-2-1-3-25-56)85(93-75-43-21-10-32-63(75)64-33-11-22-44-76(64)93)83(79)91-71-39-17-6-28-59(71)60-29-7-18-40-72(60)91/h1-50H. The summed E-state index contributed by atoms with van der Waals surface area (Å²) in [5.41, 5.74) is 19.9. The fourth-order valence-corrected chi connectivity index (χ4v) is 16.2. The lowest BCUT2D eigenvalue weighted by molar-refractivity contribution is 1.00. The Labute approximate surface area is 537 Å². The van der Waals surface area contributed by atoms with Crippen LogP contribution in [0.1, 0.15) is 11.1 Å². The van der Waals surface area contributed by atoms with Crippen molar-refractivity contribution in [3.8, 4) is 57.4 Å². The summed E-state index contributed by atoms with van der Waals surface area (Å²) < 4.78 is 15.1. The first-order valence-corrected chi connectivity index (χ1v) is 31.8. The van der Waals surface area contributed by atoms with Gasteiger partial charge in [0.2, 0.25) is 0 Å². The molecule has 0 saturated carbocycles. The summed E-state index contributed by atoms with van der Waals surface area (Å²) in [7, 11) is 0. The molecule has 0 amide bonds. The molecule has 0 unspecified atom stereocenters. The molecule has 8 nitrogen and oxygen atoms in total. The van der Waals surface area contributed by atoms with Crippen LogP contribution in [0.3, 0.4) is 0 Å². The molecule has 0 N–H and O–H groups in total. The van der Waals surface area contributed by atoms with E-state index >= 15 is 0 Å². The maximum Gasteiger partial charge on any atom is 0.0992 e. The van der Waals surface area contributed by atoms with E-state index in [4.69, 9.17) is 0 Å². The summed E-state index contributed by atoms with van der Waals surface area (Å²) >= 11 is 0. The van der Waals surface area contributed by atoms with Crippen molar-refractivity contribution >= 4 is 131 Å². The highest BCUT2D eigenvalue weighted by Crippen LogP contribution is 2.55. The fraction of sp³-hybridized carbons (Fsp3) is 0. The molecule has 0 aliphatic carbocycles. The second-order valence-corrected chi connectivity index (χ2v) is 24.5. The van der Waals surface area contributed by atoms with Gasteiger partial charge in [0.15, 0.2) is 0 Å². The molecule has 0 saturated heterocycles. The summed E-state index contributed by atoms with van der Waals surface area (Å²) in [5, 5.41) is 36.0. The number of hydrogen-bond donors (Lipinski definition) is 0. The summed E-state index contributed by atoms with van der Waals surface area (Å²) in [6.45, 7) is 0. The number of benzene rings is 14. The first kappa shape index (κ1) is 51.7. The van der Waals surface area contributed by atoms with Crippen molar-refractivity contribution in [2.45, 2.75) is 0 Å². The molecule has 94 heavy (non-hydrogen) atoms. The topological polar surface area (TPSA) is 77.2 Å². The van der Waals surface area contributed by atoms with Crippen molar-refractivity contribution < 1.29 is 0 Å². The first-order chi connectivity index (χ1) is 46.6. The van der Waals surface area contributed by atoms with Crippen molar-refractivity contribution in [1.82, 2.24) is 27.4 Å². The average Bonchev–Trinajstić information content (AvgIpc) is 1.44. The number of hydrogen-bond acceptors (Lipinski definition) is 2. The van der Waals surface area contributed by atoms with E-state index in [1.807, 2.05) is 12.1 Å². The number of aromatic nitrogens is 6. The van der Waals surface area contributed by atoms with Gasteiger partial charge in [0.1, 0.15) is 0 Å². The van der Waals surface area contributed by atoms with Crippen molar-refractivity contribution in [2.75, 3.05) is 0 Å². The van der Waals surface area contributed by atoms with Gasteiger partial charge in [0.05, 0.1) is 118 Å². The van der Waals surface area contributed by atoms with E-state index < -0.39 is 0 Å². The maximum atomic E-state index is 11.4. The predicted molar refractivity (Wildman–Crippen MR) is 387 cm³/mol. The largest absolute Gasteiger partial charge is 0.309 e. The predicted octanol–water partition coefficient (Wildman–Crippen LogP) is 21.7. The minimum absolute atomic E-state index is 0.372. The van der Waals surface area contributed by atoms with Gasteiger partial charge in [0.25, 0.3) is 0 Å². The molecular weight excluding hydrogens is 1150 g/mol. The van der Waals surface area contributed by atoms with E-state index in [-0.39, 0.29) is 0 Å². The molecule has 14 aromatic carbocycles. The van der Waals surface area contributed by atoms with Gasteiger partial charge in [0, 0.05) is 75.9 Å². The lowest BCUT2D eigenvalue weighted by Gasteiger charge is -2.32. The van der Waals surface area contributed by atoms with Crippen LogP contribution in [-0.4, -0.2) is 27.4 Å². The Balaban J connectivity index is 1.18. The van der Waals surface area contributed by atoms with Crippen LogP contribution in [0.2, 0.25) is 0 Å². The van der Waals surface area contributed by atoms with Crippen LogP contribution in [0.25, 0.3) is 176 Å². The molecule has 434 valence electrons. The number of nitrogens with zero attached hydrogens (tertiary/aromatic N) is 8. The van der Waals surface area contributed by atoms with Crippen LogP contribution in [0.15, 0.2) is 303 Å². The Kier molecular flexibility index (Phi) is 10.8. The van der Waals surface area contributed by atoms with Gasteiger partial charge in [-0.05, 0) is 103 Å². The fourth-order valence-electron chi connectivity index (χ4n) is 16.2. The maximum absolute atomic E-state index is 11.4.